The number of aryl methyl sites for hydroxylation is 2. The van der Waals surface area contributed by atoms with Crippen LogP contribution in [0.3, 0.4) is 0 Å². The maximum atomic E-state index is 13.7. The molecule has 1 aliphatic rings. The number of anilines is 1. The van der Waals surface area contributed by atoms with Gasteiger partial charge in [0.15, 0.2) is 11.5 Å². The van der Waals surface area contributed by atoms with Crippen LogP contribution in [0.15, 0.2) is 30.3 Å². The molecule has 0 spiro atoms. The number of fused-ring (bicyclic) bond motifs is 1. The number of urea groups is 1. The average molecular weight is 330 g/mol. The number of halogens is 1. The topological polar surface area (TPSA) is 59.6 Å². The monoisotopic (exact) mass is 330 g/mol. The summed E-state index contributed by atoms with van der Waals surface area (Å²) < 4.78 is 24.2. The minimum atomic E-state index is -0.346. The Morgan fingerprint density at radius 1 is 1.12 bits per heavy atom. The summed E-state index contributed by atoms with van der Waals surface area (Å²) in [4.78, 5) is 12.2. The maximum Gasteiger partial charge on any atom is 0.319 e. The van der Waals surface area contributed by atoms with Gasteiger partial charge < -0.3 is 20.1 Å². The Morgan fingerprint density at radius 3 is 2.50 bits per heavy atom. The van der Waals surface area contributed by atoms with Crippen molar-refractivity contribution < 1.29 is 18.7 Å². The van der Waals surface area contributed by atoms with Gasteiger partial charge in [-0.25, -0.2) is 9.18 Å². The summed E-state index contributed by atoms with van der Waals surface area (Å²) in [7, 11) is 0. The van der Waals surface area contributed by atoms with E-state index in [2.05, 4.69) is 10.6 Å². The lowest BCUT2D eigenvalue weighted by molar-refractivity contribution is 0.174. The summed E-state index contributed by atoms with van der Waals surface area (Å²) in [5, 5.41) is 5.59. The minimum absolute atomic E-state index is 0.186. The molecule has 1 aliphatic heterocycles. The third-order valence-electron chi connectivity index (χ3n) is 3.94. The molecule has 0 radical (unpaired) electrons. The van der Waals surface area contributed by atoms with Crippen LogP contribution in [0.25, 0.3) is 0 Å². The van der Waals surface area contributed by atoms with Gasteiger partial charge in [-0.15, -0.1) is 0 Å². The molecule has 1 atom stereocenters. The van der Waals surface area contributed by atoms with Crippen molar-refractivity contribution in [1.29, 1.82) is 0 Å². The van der Waals surface area contributed by atoms with Gasteiger partial charge in [0, 0.05) is 11.8 Å². The zero-order valence-corrected chi connectivity index (χ0v) is 13.8. The summed E-state index contributed by atoms with van der Waals surface area (Å²) in [6, 6.07) is 8.08. The van der Waals surface area contributed by atoms with Gasteiger partial charge in [0.1, 0.15) is 5.82 Å². The molecule has 24 heavy (non-hydrogen) atoms. The van der Waals surface area contributed by atoms with Gasteiger partial charge in [0.25, 0.3) is 0 Å². The van der Waals surface area contributed by atoms with Crippen molar-refractivity contribution in [2.24, 2.45) is 0 Å². The number of nitrogens with one attached hydrogen (secondary N) is 2. The molecule has 0 saturated carbocycles. The lowest BCUT2D eigenvalue weighted by Gasteiger charge is -2.17. The molecule has 3 rings (SSSR count). The van der Waals surface area contributed by atoms with Crippen LogP contribution in [-0.2, 0) is 0 Å². The fourth-order valence-corrected chi connectivity index (χ4v) is 2.65. The van der Waals surface area contributed by atoms with Crippen LogP contribution >= 0.6 is 0 Å². The highest BCUT2D eigenvalue weighted by atomic mass is 19.1. The fraction of sp³-hybridized carbons (Fsp3) is 0.278. The van der Waals surface area contributed by atoms with Crippen LogP contribution in [0.1, 0.15) is 29.7 Å². The van der Waals surface area contributed by atoms with E-state index in [1.54, 1.807) is 44.2 Å². The van der Waals surface area contributed by atoms with Crippen LogP contribution in [0.5, 0.6) is 11.5 Å². The lowest BCUT2D eigenvalue weighted by Crippen LogP contribution is -2.31. The van der Waals surface area contributed by atoms with Gasteiger partial charge in [0.2, 0.25) is 6.79 Å². The molecular formula is C18H19FN2O3. The van der Waals surface area contributed by atoms with E-state index in [-0.39, 0.29) is 24.7 Å². The third kappa shape index (κ3) is 3.27. The van der Waals surface area contributed by atoms with Crippen molar-refractivity contribution >= 4 is 11.7 Å². The Kier molecular flexibility index (Phi) is 4.29. The van der Waals surface area contributed by atoms with Crippen molar-refractivity contribution in [2.75, 3.05) is 12.1 Å². The van der Waals surface area contributed by atoms with Crippen LogP contribution < -0.4 is 20.1 Å². The predicted molar refractivity (Wildman–Crippen MR) is 89.0 cm³/mol. The molecular weight excluding hydrogens is 311 g/mol. The van der Waals surface area contributed by atoms with E-state index in [0.717, 1.165) is 5.56 Å². The highest BCUT2D eigenvalue weighted by Crippen LogP contribution is 2.34. The number of carbonyl (C=O) groups excluding carboxylic acids is 1. The molecule has 0 saturated heterocycles. The summed E-state index contributed by atoms with van der Waals surface area (Å²) in [6.45, 7) is 5.47. The highest BCUT2D eigenvalue weighted by Gasteiger charge is 2.16. The Bertz CT molecular complexity index is 769. The van der Waals surface area contributed by atoms with E-state index < -0.39 is 0 Å². The largest absolute Gasteiger partial charge is 0.454 e. The smallest absolute Gasteiger partial charge is 0.319 e. The number of benzene rings is 2. The Hall–Kier alpha value is -2.76. The first-order valence-electron chi connectivity index (χ1n) is 7.68. The van der Waals surface area contributed by atoms with Crippen molar-refractivity contribution in [3.63, 3.8) is 0 Å². The van der Waals surface area contributed by atoms with Crippen molar-refractivity contribution in [1.82, 2.24) is 5.32 Å². The van der Waals surface area contributed by atoms with Crippen molar-refractivity contribution in [2.45, 2.75) is 26.8 Å². The van der Waals surface area contributed by atoms with Gasteiger partial charge in [-0.3, -0.25) is 0 Å². The first-order chi connectivity index (χ1) is 11.4. The quantitative estimate of drug-likeness (QED) is 0.892. The van der Waals surface area contributed by atoms with Gasteiger partial charge in [-0.2, -0.15) is 0 Å². The fourth-order valence-electron chi connectivity index (χ4n) is 2.65. The second kappa shape index (κ2) is 6.39. The average Bonchev–Trinajstić information content (AvgIpc) is 2.99. The zero-order chi connectivity index (χ0) is 17.3. The maximum absolute atomic E-state index is 13.7. The molecule has 2 amide bonds. The molecule has 0 bridgehead atoms. The number of hydrogen-bond donors (Lipinski definition) is 2. The van der Waals surface area contributed by atoms with Crippen molar-refractivity contribution in [3.8, 4) is 11.5 Å². The molecule has 5 nitrogen and oxygen atoms in total. The molecule has 1 heterocycles. The molecule has 2 aromatic rings. The molecule has 0 fully saturated rings. The van der Waals surface area contributed by atoms with E-state index in [1.807, 2.05) is 6.92 Å². The molecule has 2 aromatic carbocycles. The Morgan fingerprint density at radius 2 is 1.79 bits per heavy atom. The summed E-state index contributed by atoms with van der Waals surface area (Å²) >= 11 is 0. The lowest BCUT2D eigenvalue weighted by atomic mass is 10.0. The molecule has 6 heteroatoms. The van der Waals surface area contributed by atoms with Gasteiger partial charge in [0.05, 0.1) is 6.04 Å². The third-order valence-corrected chi connectivity index (χ3v) is 3.94. The number of amides is 2. The zero-order valence-electron chi connectivity index (χ0n) is 13.8. The number of ether oxygens (including phenoxy) is 2. The second-order valence-electron chi connectivity index (χ2n) is 5.86. The number of hydrogen-bond acceptors (Lipinski definition) is 3. The van der Waals surface area contributed by atoms with E-state index in [9.17, 15) is 9.18 Å². The second-order valence-corrected chi connectivity index (χ2v) is 5.86. The normalized spacial score (nSPS) is 13.5. The highest BCUT2D eigenvalue weighted by molar-refractivity contribution is 5.90. The van der Waals surface area contributed by atoms with E-state index in [4.69, 9.17) is 9.47 Å². The standard InChI is InChI=1S/C18H19FN2O3/c1-10-6-13(7-11(2)17(10)19)12(3)20-18(22)21-14-4-5-15-16(8-14)24-9-23-15/h4-8,12H,9H2,1-3H3,(H2,20,21,22). The summed E-state index contributed by atoms with van der Waals surface area (Å²) in [5.41, 5.74) is 2.59. The Balaban J connectivity index is 1.66. The van der Waals surface area contributed by atoms with Crippen LogP contribution in [-0.4, -0.2) is 12.8 Å². The van der Waals surface area contributed by atoms with Crippen LogP contribution in [0.4, 0.5) is 14.9 Å². The first-order valence-corrected chi connectivity index (χ1v) is 7.68. The molecule has 1 unspecified atom stereocenters. The molecule has 0 aliphatic carbocycles. The van der Waals surface area contributed by atoms with E-state index >= 15 is 0 Å². The molecule has 126 valence electrons. The molecule has 0 aromatic heterocycles. The van der Waals surface area contributed by atoms with Crippen LogP contribution in [0.2, 0.25) is 0 Å². The van der Waals surface area contributed by atoms with Crippen molar-refractivity contribution in [3.05, 3.63) is 52.8 Å². The van der Waals surface area contributed by atoms with E-state index in [0.29, 0.717) is 28.3 Å². The minimum Gasteiger partial charge on any atom is -0.454 e. The van der Waals surface area contributed by atoms with Gasteiger partial charge in [-0.1, -0.05) is 12.1 Å². The van der Waals surface area contributed by atoms with E-state index in [1.165, 1.54) is 0 Å². The summed E-state index contributed by atoms with van der Waals surface area (Å²) in [6.07, 6.45) is 0. The first kappa shape index (κ1) is 16.1. The number of carbonyl (C=O) groups is 1. The van der Waals surface area contributed by atoms with Crippen LogP contribution in [0, 0.1) is 19.7 Å². The van der Waals surface area contributed by atoms with Gasteiger partial charge in [-0.05, 0) is 49.6 Å². The SMILES string of the molecule is Cc1cc(C(C)NC(=O)Nc2ccc3c(c2)OCO3)cc(C)c1F. The number of rotatable bonds is 3. The Labute approximate surface area is 139 Å². The predicted octanol–water partition coefficient (Wildman–Crippen LogP) is 4.05. The summed E-state index contributed by atoms with van der Waals surface area (Å²) in [5.74, 6) is 1.05. The van der Waals surface area contributed by atoms with Gasteiger partial charge >= 0.3 is 6.03 Å². The molecule has 2 N–H and O–H groups in total.